The van der Waals surface area contributed by atoms with Gasteiger partial charge in [-0.3, -0.25) is 14.6 Å². The van der Waals surface area contributed by atoms with E-state index in [1.54, 1.807) is 30.0 Å². The van der Waals surface area contributed by atoms with Crippen LogP contribution in [0.25, 0.3) is 22.1 Å². The number of hydrogen-bond acceptors (Lipinski definition) is 8. The van der Waals surface area contributed by atoms with Gasteiger partial charge in [-0.25, -0.2) is 17.6 Å². The van der Waals surface area contributed by atoms with Crippen LogP contribution in [0.15, 0.2) is 68.9 Å². The first-order valence-corrected chi connectivity index (χ1v) is 20.8. The highest BCUT2D eigenvalue weighted by molar-refractivity contribution is 8.09. The Morgan fingerprint density at radius 2 is 1.40 bits per heavy atom. The van der Waals surface area contributed by atoms with E-state index in [-0.39, 0.29) is 60.9 Å². The number of carbonyl (C=O) groups is 2. The third kappa shape index (κ3) is 5.20. The summed E-state index contributed by atoms with van der Waals surface area (Å²) in [6.07, 6.45) is 8.61. The van der Waals surface area contributed by atoms with E-state index in [4.69, 9.17) is 0 Å². The van der Waals surface area contributed by atoms with Gasteiger partial charge >= 0.3 is 0 Å². The van der Waals surface area contributed by atoms with Crippen molar-refractivity contribution in [2.24, 2.45) is 4.99 Å². The van der Waals surface area contributed by atoms with Gasteiger partial charge in [0.25, 0.3) is 0 Å². The fourth-order valence-electron chi connectivity index (χ4n) is 8.44. The number of hydrogen-bond donors (Lipinski definition) is 0. The number of thioether (sulfide) groups is 1. The molecule has 6 nitrogen and oxygen atoms in total. The highest BCUT2D eigenvalue weighted by Crippen LogP contribution is 2.58. The minimum atomic E-state index is -2.26. The van der Waals surface area contributed by atoms with Gasteiger partial charge in [0.05, 0.1) is 5.57 Å². The van der Waals surface area contributed by atoms with Crippen molar-refractivity contribution in [3.8, 4) is 18.2 Å². The van der Waals surface area contributed by atoms with Gasteiger partial charge in [-0.15, -0.1) is 23.1 Å². The minimum absolute atomic E-state index is 0.0000319. The zero-order valence-electron chi connectivity index (χ0n) is 27.9. The molecule has 3 aliphatic heterocycles. The van der Waals surface area contributed by atoms with E-state index in [2.05, 4.69) is 17.1 Å². The van der Waals surface area contributed by atoms with Crippen molar-refractivity contribution < 1.29 is 27.2 Å². The van der Waals surface area contributed by atoms with Crippen LogP contribution >= 0.6 is 23.1 Å². The Kier molecular flexibility index (Phi) is 8.46. The van der Waals surface area contributed by atoms with Crippen LogP contribution in [0.1, 0.15) is 67.3 Å². The molecule has 0 N–H and O–H groups in total. The average Bonchev–Trinajstić information content (AvgIpc) is 3.93. The molecule has 5 aliphatic rings. The topological polar surface area (TPSA) is 118 Å². The number of benzene rings is 2. The maximum Gasteiger partial charge on any atom is 0.194 e. The monoisotopic (exact) mass is 760 g/mol. The summed E-state index contributed by atoms with van der Waals surface area (Å²) in [5.74, 6) is -5.77. The quantitative estimate of drug-likeness (QED) is 0.0866. The van der Waals surface area contributed by atoms with E-state index in [0.29, 0.717) is 11.3 Å². The second-order valence-electron chi connectivity index (χ2n) is 13.4. The maximum absolute atomic E-state index is 14.5. The molecule has 3 aromatic rings. The molecule has 1 unspecified atom stereocenters. The predicted molar refractivity (Wildman–Crippen MR) is 199 cm³/mol. The van der Waals surface area contributed by atoms with Crippen LogP contribution in [-0.4, -0.2) is 38.2 Å². The molecule has 2 aliphatic carbocycles. The van der Waals surface area contributed by atoms with Crippen LogP contribution in [0.4, 0.5) is 17.6 Å². The number of aliphatic imine (C=N–C) groups is 1. The van der Waals surface area contributed by atoms with Crippen molar-refractivity contribution in [3.63, 3.8) is 0 Å². The maximum atomic E-state index is 14.5. The van der Waals surface area contributed by atoms with E-state index in [1.165, 1.54) is 35.0 Å². The van der Waals surface area contributed by atoms with E-state index < -0.39 is 42.9 Å². The molecular formula is C40H24F4N4O2S2Si. The second-order valence-corrected chi connectivity index (χ2v) is 20.0. The SMILES string of the molecule is CN=CC(C#N)=C1/C(=C/C2CC3=C(S2)c2sc(/C=C4\C(=O)c5cc(F)c(F)cc5C4=C(C#N)C#N)cc2[Si]32CCCCC2)C(=O)c2cc(F)c(F)cc21. The summed E-state index contributed by atoms with van der Waals surface area (Å²) in [4.78, 5) is 34.3. The summed E-state index contributed by atoms with van der Waals surface area (Å²) >= 11 is 3.08. The number of thiophene rings is 1. The third-order valence-electron chi connectivity index (χ3n) is 10.6. The Bertz CT molecular complexity index is 2570. The van der Waals surface area contributed by atoms with Gasteiger partial charge in [-0.2, -0.15) is 15.8 Å². The van der Waals surface area contributed by atoms with Gasteiger partial charge in [0.15, 0.2) is 34.8 Å². The molecule has 13 heteroatoms. The third-order valence-corrected chi connectivity index (χ3v) is 19.0. The molecule has 4 heterocycles. The van der Waals surface area contributed by atoms with E-state index >= 15 is 0 Å². The van der Waals surface area contributed by atoms with Gasteiger partial charge in [0.2, 0.25) is 0 Å². The molecule has 2 aromatic carbocycles. The molecular weight excluding hydrogens is 737 g/mol. The molecule has 1 atom stereocenters. The highest BCUT2D eigenvalue weighted by atomic mass is 32.2. The van der Waals surface area contributed by atoms with Crippen LogP contribution in [0.2, 0.25) is 12.1 Å². The first kappa shape index (κ1) is 34.7. The molecule has 1 fully saturated rings. The van der Waals surface area contributed by atoms with Crippen LogP contribution in [0.5, 0.6) is 0 Å². The normalized spacial score (nSPS) is 22.0. The molecule has 1 aromatic heterocycles. The molecule has 53 heavy (non-hydrogen) atoms. The predicted octanol–water partition coefficient (Wildman–Crippen LogP) is 8.79. The van der Waals surface area contributed by atoms with Crippen molar-refractivity contribution in [1.82, 2.24) is 0 Å². The summed E-state index contributed by atoms with van der Waals surface area (Å²) in [5, 5.41) is 31.9. The fraction of sp³-hybridized carbons (Fsp3) is 0.200. The Morgan fingerprint density at radius 3 is 1.98 bits per heavy atom. The number of nitriles is 3. The lowest BCUT2D eigenvalue weighted by Gasteiger charge is -2.34. The molecule has 1 saturated heterocycles. The minimum Gasteiger partial charge on any atom is -0.295 e. The highest BCUT2D eigenvalue weighted by Gasteiger charge is 2.52. The van der Waals surface area contributed by atoms with Gasteiger partial charge in [-0.1, -0.05) is 30.5 Å². The lowest BCUT2D eigenvalue weighted by atomic mass is 9.98. The number of carbonyl (C=O) groups excluding carboxylic acids is 2. The fourth-order valence-corrected chi connectivity index (χ4v) is 18.4. The summed E-state index contributed by atoms with van der Waals surface area (Å²) in [6.45, 7) is 0. The number of ketones is 2. The Hall–Kier alpha value is -5.39. The van der Waals surface area contributed by atoms with Crippen LogP contribution < -0.4 is 5.19 Å². The summed E-state index contributed by atoms with van der Waals surface area (Å²) in [6, 6.07) is 13.3. The van der Waals surface area contributed by atoms with Gasteiger partial charge in [0.1, 0.15) is 31.9 Å². The van der Waals surface area contributed by atoms with Crippen molar-refractivity contribution in [3.05, 3.63) is 119 Å². The first-order valence-electron chi connectivity index (χ1n) is 16.7. The number of halogens is 4. The molecule has 260 valence electrons. The average molecular weight is 761 g/mol. The molecule has 1 spiro atoms. The van der Waals surface area contributed by atoms with Crippen LogP contribution in [0, 0.1) is 57.3 Å². The van der Waals surface area contributed by atoms with E-state index in [9.17, 15) is 42.9 Å². The Labute approximate surface area is 310 Å². The first-order chi connectivity index (χ1) is 25.5. The lowest BCUT2D eigenvalue weighted by molar-refractivity contribution is 0.103. The van der Waals surface area contributed by atoms with E-state index in [1.807, 2.05) is 6.08 Å². The summed E-state index contributed by atoms with van der Waals surface area (Å²) in [5.41, 5.74) is 0.128. The standard InChI is InChI=1S/C40H24F4N4O2S2Si/c1-48-18-20(17-47)36-24-12-30(42)32(44)14-26(24)38(50)28(36)8-22-10-34-40(52-22)39-33(53(34)5-3-2-4-6-53)9-21(51-39)7-27-35(19(15-45)16-46)23-11-29(41)31(43)13-25(23)37(27)49/h7-9,11-14,18,22H,2-6,10H2,1H3/b27-7-,28-8-,36-20?,48-18?. The molecule has 0 saturated carbocycles. The Morgan fingerprint density at radius 1 is 0.811 bits per heavy atom. The van der Waals surface area contributed by atoms with Crippen LogP contribution in [0.3, 0.4) is 0 Å². The number of rotatable bonds is 3. The van der Waals surface area contributed by atoms with Crippen molar-refractivity contribution in [2.75, 3.05) is 7.05 Å². The lowest BCUT2D eigenvalue weighted by Crippen LogP contribution is -2.49. The van der Waals surface area contributed by atoms with Gasteiger partial charge < -0.3 is 0 Å². The van der Waals surface area contributed by atoms with Gasteiger partial charge in [0, 0.05) is 66.6 Å². The number of fused-ring (bicyclic) bond motifs is 6. The number of Topliss-reactive ketones (excluding diaryl/α,β-unsaturated/α-hetero) is 2. The number of nitrogens with zero attached hydrogens (tertiary/aromatic N) is 4. The second kappa shape index (κ2) is 12.9. The Balaban J connectivity index is 1.22. The number of allylic oxidation sites excluding steroid dienone is 7. The zero-order chi connectivity index (χ0) is 37.3. The molecule has 8 rings (SSSR count). The van der Waals surface area contributed by atoms with E-state index in [0.717, 1.165) is 65.4 Å². The van der Waals surface area contributed by atoms with Crippen molar-refractivity contribution in [1.29, 1.82) is 15.8 Å². The summed E-state index contributed by atoms with van der Waals surface area (Å²) < 4.78 is 57.4. The van der Waals surface area contributed by atoms with Crippen molar-refractivity contribution >= 4 is 76.3 Å². The summed E-state index contributed by atoms with van der Waals surface area (Å²) in [7, 11) is -0.785. The molecule has 0 radical (unpaired) electrons. The molecule has 0 amide bonds. The largest absolute Gasteiger partial charge is 0.295 e. The zero-order valence-corrected chi connectivity index (χ0v) is 30.5. The molecule has 0 bridgehead atoms. The van der Waals surface area contributed by atoms with Crippen LogP contribution in [-0.2, 0) is 0 Å². The van der Waals surface area contributed by atoms with Gasteiger partial charge in [-0.05, 0) is 71.2 Å². The smallest absolute Gasteiger partial charge is 0.194 e. The van der Waals surface area contributed by atoms with Crippen molar-refractivity contribution in [2.45, 2.75) is 43.0 Å².